The Hall–Kier alpha value is -0.265. The number of rotatable bonds is 0. The van der Waals surface area contributed by atoms with Crippen molar-refractivity contribution in [3.05, 3.63) is 0 Å². The zero-order valence-corrected chi connectivity index (χ0v) is 3.02. The molecule has 0 spiro atoms. The number of hydrogen-bond donors (Lipinski definition) is 0. The van der Waals surface area contributed by atoms with Gasteiger partial charge in [-0.2, -0.15) is 0 Å². The maximum atomic E-state index is 3.90. The first-order valence-electron chi connectivity index (χ1n) is 1.82. The second-order valence-electron chi connectivity index (χ2n) is 1.08. The molecule has 0 aliphatic carbocycles. The Morgan fingerprint density at radius 2 is 2.80 bits per heavy atom. The normalized spacial score (nSPS) is 17.6. The van der Waals surface area contributed by atoms with Gasteiger partial charge in [-0.15, -0.1) is 0 Å². The van der Waals surface area contributed by atoms with E-state index >= 15 is 0 Å². The van der Waals surface area contributed by atoms with Gasteiger partial charge in [0.05, 0.1) is 0 Å². The molecule has 0 N–H and O–H groups in total. The summed E-state index contributed by atoms with van der Waals surface area (Å²) in [5.74, 6) is 2.07. The first-order valence-corrected chi connectivity index (χ1v) is 1.82. The van der Waals surface area contributed by atoms with E-state index in [1.807, 2.05) is 7.06 Å². The van der Waals surface area contributed by atoms with Gasteiger partial charge in [0, 0.05) is 0 Å². The molecule has 1 nitrogen and oxygen atoms in total. The molecular formula is C3H5BN. The minimum atomic E-state index is 1.01. The third-order valence-corrected chi connectivity index (χ3v) is 0.636. The van der Waals surface area contributed by atoms with E-state index in [2.05, 4.69) is 11.2 Å². The summed E-state index contributed by atoms with van der Waals surface area (Å²) >= 11 is 0. The zero-order chi connectivity index (χ0) is 3.54. The molecule has 1 aliphatic rings. The Labute approximate surface area is 32.3 Å². The van der Waals surface area contributed by atoms with Crippen LogP contribution in [0.3, 0.4) is 0 Å². The van der Waals surface area contributed by atoms with Crippen molar-refractivity contribution in [2.45, 2.75) is 6.42 Å². The van der Waals surface area contributed by atoms with Crippen LogP contribution < -0.4 is 5.23 Å². The van der Waals surface area contributed by atoms with Gasteiger partial charge in [-0.25, -0.2) is 0 Å². The van der Waals surface area contributed by atoms with E-state index in [4.69, 9.17) is 0 Å². The molecular weight excluding hydrogens is 60.9 g/mol. The molecule has 0 saturated heterocycles. The fourth-order valence-electron chi connectivity index (χ4n) is 0.373. The van der Waals surface area contributed by atoms with Crippen molar-refractivity contribution in [2.75, 3.05) is 6.54 Å². The monoisotopic (exact) mass is 66.1 g/mol. The van der Waals surface area contributed by atoms with Crippen LogP contribution in [0.15, 0.2) is 0 Å². The molecule has 0 fully saturated rings. The first kappa shape index (κ1) is 2.95. The molecule has 0 saturated carbocycles. The summed E-state index contributed by atoms with van der Waals surface area (Å²) in [6.07, 6.45) is 1.15. The van der Waals surface area contributed by atoms with Crippen molar-refractivity contribution >= 4 is 13.0 Å². The average molecular weight is 65.9 g/mol. The first-order chi connectivity index (χ1) is 2.50. The van der Waals surface area contributed by atoms with Crippen LogP contribution in [0, 0.1) is 0 Å². The molecule has 0 atom stereocenters. The van der Waals surface area contributed by atoms with E-state index in [9.17, 15) is 0 Å². The summed E-state index contributed by atoms with van der Waals surface area (Å²) < 4.78 is 0. The molecule has 0 aromatic heterocycles. The van der Waals surface area contributed by atoms with Crippen molar-refractivity contribution in [2.24, 2.45) is 0 Å². The summed E-state index contributed by atoms with van der Waals surface area (Å²) in [6, 6.07) is 0. The van der Waals surface area contributed by atoms with Crippen LogP contribution in [0.4, 0.5) is 0 Å². The van der Waals surface area contributed by atoms with Crippen LogP contribution in [0.2, 0.25) is 0 Å². The van der Waals surface area contributed by atoms with Gasteiger partial charge in [0.15, 0.2) is 0 Å². The van der Waals surface area contributed by atoms with Gasteiger partial charge in [0.25, 0.3) is 0 Å². The van der Waals surface area contributed by atoms with E-state index in [0.29, 0.717) is 0 Å². The fraction of sp³-hybridized carbons (Fsp3) is 0.667. The fourth-order valence-corrected chi connectivity index (χ4v) is 0.373. The molecule has 1 radical (unpaired) electrons. The molecule has 0 aromatic carbocycles. The predicted molar refractivity (Wildman–Crippen MR) is 23.4 cm³/mol. The Morgan fingerprint density at radius 1 is 1.80 bits per heavy atom. The van der Waals surface area contributed by atoms with Crippen LogP contribution in [0.25, 0.3) is 0 Å². The Morgan fingerprint density at radius 3 is 3.00 bits per heavy atom. The standard InChI is InChI=1S/C3H5BN/c1-2-4-5-3-1/h2H,1,3H2. The van der Waals surface area contributed by atoms with Crippen LogP contribution in [0.1, 0.15) is 6.42 Å². The molecule has 0 unspecified atom stereocenters. The molecule has 0 aromatic rings. The van der Waals surface area contributed by atoms with Crippen LogP contribution in [-0.4, -0.2) is 19.6 Å². The summed E-state index contributed by atoms with van der Waals surface area (Å²) in [5.41, 5.74) is 0. The Kier molecular flexibility index (Phi) is 0.734. The van der Waals surface area contributed by atoms with Crippen LogP contribution in [-0.2, 0) is 0 Å². The summed E-state index contributed by atoms with van der Waals surface area (Å²) in [6.45, 7) is 1.01. The SMILES string of the molecule is B1=CCC[N]1. The van der Waals surface area contributed by atoms with E-state index < -0.39 is 0 Å². The van der Waals surface area contributed by atoms with E-state index in [0.717, 1.165) is 13.0 Å². The molecule has 1 heterocycles. The number of hydrogen-bond acceptors (Lipinski definition) is 0. The van der Waals surface area contributed by atoms with Gasteiger partial charge in [0.2, 0.25) is 0 Å². The van der Waals surface area contributed by atoms with Gasteiger partial charge in [0.1, 0.15) is 0 Å². The topological polar surface area (TPSA) is 14.1 Å². The number of nitrogens with zero attached hydrogens (tertiary/aromatic N) is 1. The van der Waals surface area contributed by atoms with Gasteiger partial charge in [-0.1, -0.05) is 0 Å². The van der Waals surface area contributed by atoms with Gasteiger partial charge >= 0.3 is 31.2 Å². The zero-order valence-electron chi connectivity index (χ0n) is 3.02. The Balaban J connectivity index is 2.32. The molecule has 0 amide bonds. The average Bonchev–Trinajstić information content (AvgIpc) is 1.76. The summed E-state index contributed by atoms with van der Waals surface area (Å²) in [7, 11) is 1.86. The third kappa shape index (κ3) is 0.501. The van der Waals surface area contributed by atoms with Crippen LogP contribution in [0.5, 0.6) is 0 Å². The van der Waals surface area contributed by atoms with E-state index in [-0.39, 0.29) is 0 Å². The van der Waals surface area contributed by atoms with Crippen molar-refractivity contribution in [3.63, 3.8) is 0 Å². The molecule has 1 aliphatic heterocycles. The molecule has 2 heteroatoms. The van der Waals surface area contributed by atoms with E-state index in [1.54, 1.807) is 0 Å². The summed E-state index contributed by atoms with van der Waals surface area (Å²) in [5, 5.41) is 3.90. The predicted octanol–water partition coefficient (Wildman–Crippen LogP) is -0.584. The van der Waals surface area contributed by atoms with Crippen LogP contribution >= 0.6 is 0 Å². The van der Waals surface area contributed by atoms with Crippen molar-refractivity contribution in [3.8, 4) is 0 Å². The summed E-state index contributed by atoms with van der Waals surface area (Å²) in [4.78, 5) is 0. The molecule has 1 rings (SSSR count). The van der Waals surface area contributed by atoms with Crippen molar-refractivity contribution in [1.29, 1.82) is 0 Å². The quantitative estimate of drug-likeness (QED) is 0.336. The van der Waals surface area contributed by atoms with Crippen molar-refractivity contribution in [1.82, 2.24) is 5.23 Å². The van der Waals surface area contributed by atoms with E-state index in [1.165, 1.54) is 0 Å². The second-order valence-corrected chi connectivity index (χ2v) is 1.08. The van der Waals surface area contributed by atoms with Crippen molar-refractivity contribution < 1.29 is 0 Å². The minimum absolute atomic E-state index is 1.01. The Bertz CT molecular complexity index is 44.9. The van der Waals surface area contributed by atoms with Gasteiger partial charge in [-0.3, -0.25) is 0 Å². The van der Waals surface area contributed by atoms with Gasteiger partial charge in [-0.05, 0) is 0 Å². The van der Waals surface area contributed by atoms with Gasteiger partial charge < -0.3 is 0 Å². The third-order valence-electron chi connectivity index (χ3n) is 0.636. The molecule has 0 bridgehead atoms. The second kappa shape index (κ2) is 1.25. The maximum absolute atomic E-state index is 3.90. The molecule has 25 valence electrons. The molecule has 5 heavy (non-hydrogen) atoms.